The number of aliphatic hydroxyl groups excluding tert-OH is 1. The van der Waals surface area contributed by atoms with Crippen LogP contribution in [0.1, 0.15) is 12.0 Å². The molecule has 7 heteroatoms. The minimum absolute atomic E-state index is 0.332. The van der Waals surface area contributed by atoms with Crippen LogP contribution >= 0.6 is 0 Å². The average molecular weight is 290 g/mol. The zero-order chi connectivity index (χ0) is 14.0. The van der Waals surface area contributed by atoms with Gasteiger partial charge in [0.2, 0.25) is 0 Å². The molecule has 0 saturated heterocycles. The van der Waals surface area contributed by atoms with E-state index in [1.807, 2.05) is 0 Å². The highest BCUT2D eigenvalue weighted by molar-refractivity contribution is 7.85. The Kier molecular flexibility index (Phi) is 4.07. The van der Waals surface area contributed by atoms with E-state index in [1.165, 1.54) is 18.2 Å². The van der Waals surface area contributed by atoms with Crippen LogP contribution in [0.15, 0.2) is 18.2 Å². The van der Waals surface area contributed by atoms with E-state index in [-0.39, 0.29) is 12.4 Å². The van der Waals surface area contributed by atoms with E-state index in [4.69, 9.17) is 4.74 Å². The summed E-state index contributed by atoms with van der Waals surface area (Å²) >= 11 is 0. The Morgan fingerprint density at radius 2 is 2.32 bits per heavy atom. The van der Waals surface area contributed by atoms with Crippen LogP contribution in [0.25, 0.3) is 0 Å². The van der Waals surface area contributed by atoms with Crippen LogP contribution in [0.3, 0.4) is 0 Å². The van der Waals surface area contributed by atoms with Gasteiger partial charge in [-0.1, -0.05) is 0 Å². The monoisotopic (exact) mass is 290 g/mol. The number of halogens is 1. The highest BCUT2D eigenvalue weighted by Crippen LogP contribution is 2.29. The lowest BCUT2D eigenvalue weighted by Crippen LogP contribution is -2.38. The molecule has 2 atom stereocenters. The van der Waals surface area contributed by atoms with E-state index < -0.39 is 22.3 Å². The molecule has 0 aliphatic carbocycles. The first-order valence-electron chi connectivity index (χ1n) is 5.83. The largest absolute Gasteiger partial charge is 0.487 e. The molecule has 1 aliphatic rings. The molecular weight excluding hydrogens is 275 g/mol. The van der Waals surface area contributed by atoms with Crippen LogP contribution in [0.5, 0.6) is 5.75 Å². The highest BCUT2D eigenvalue weighted by atomic mass is 32.2. The number of rotatable bonds is 4. The van der Waals surface area contributed by atoms with Gasteiger partial charge in [0.1, 0.15) is 23.8 Å². The SMILES string of the molecule is CS(=O)(=O)OC[C@H](O)[C@H]1CCc2cc(F)ccc2O1. The number of benzene rings is 1. The second-order valence-corrected chi connectivity index (χ2v) is 6.15. The summed E-state index contributed by atoms with van der Waals surface area (Å²) in [5.41, 5.74) is 0.743. The van der Waals surface area contributed by atoms with E-state index in [0.29, 0.717) is 18.6 Å². The summed E-state index contributed by atoms with van der Waals surface area (Å²) in [4.78, 5) is 0. The molecule has 0 radical (unpaired) electrons. The summed E-state index contributed by atoms with van der Waals surface area (Å²) in [6, 6.07) is 4.17. The molecule has 2 rings (SSSR count). The quantitative estimate of drug-likeness (QED) is 0.833. The molecule has 1 aliphatic heterocycles. The molecule has 0 aromatic heterocycles. The second-order valence-electron chi connectivity index (χ2n) is 4.50. The molecule has 1 N–H and O–H groups in total. The fraction of sp³-hybridized carbons (Fsp3) is 0.500. The van der Waals surface area contributed by atoms with Crippen molar-refractivity contribution in [2.75, 3.05) is 12.9 Å². The Balaban J connectivity index is 1.99. The molecular formula is C12H15FO5S. The van der Waals surface area contributed by atoms with Crippen LogP contribution in [0.2, 0.25) is 0 Å². The summed E-state index contributed by atoms with van der Waals surface area (Å²) in [6.07, 6.45) is 0.352. The van der Waals surface area contributed by atoms with Crippen LogP contribution in [-0.2, 0) is 20.7 Å². The second kappa shape index (κ2) is 5.44. The van der Waals surface area contributed by atoms with E-state index in [1.54, 1.807) is 0 Å². The first-order valence-corrected chi connectivity index (χ1v) is 7.64. The van der Waals surface area contributed by atoms with E-state index >= 15 is 0 Å². The Morgan fingerprint density at radius 1 is 1.58 bits per heavy atom. The Morgan fingerprint density at radius 3 is 3.00 bits per heavy atom. The molecule has 0 amide bonds. The molecule has 5 nitrogen and oxygen atoms in total. The molecule has 0 bridgehead atoms. The first kappa shape index (κ1) is 14.2. The topological polar surface area (TPSA) is 72.8 Å². The van der Waals surface area contributed by atoms with Crippen LogP contribution in [-0.4, -0.2) is 38.6 Å². The van der Waals surface area contributed by atoms with Crippen LogP contribution in [0.4, 0.5) is 4.39 Å². The molecule has 1 aromatic rings. The van der Waals surface area contributed by atoms with Gasteiger partial charge in [0.05, 0.1) is 12.9 Å². The number of hydrogen-bond donors (Lipinski definition) is 1. The summed E-state index contributed by atoms with van der Waals surface area (Å²) in [5, 5.41) is 9.83. The molecule has 1 heterocycles. The maximum absolute atomic E-state index is 13.0. The van der Waals surface area contributed by atoms with Gasteiger partial charge in [-0.2, -0.15) is 8.42 Å². The smallest absolute Gasteiger partial charge is 0.264 e. The zero-order valence-electron chi connectivity index (χ0n) is 10.4. The first-order chi connectivity index (χ1) is 8.85. The Hall–Kier alpha value is -1.18. The maximum Gasteiger partial charge on any atom is 0.264 e. The van der Waals surface area contributed by atoms with Crippen molar-refractivity contribution in [3.05, 3.63) is 29.6 Å². The molecule has 106 valence electrons. The van der Waals surface area contributed by atoms with Crippen molar-refractivity contribution in [1.82, 2.24) is 0 Å². The lowest BCUT2D eigenvalue weighted by Gasteiger charge is -2.29. The van der Waals surface area contributed by atoms with Gasteiger partial charge in [-0.25, -0.2) is 4.39 Å². The molecule has 0 unspecified atom stereocenters. The Labute approximate surface area is 111 Å². The molecule has 0 fully saturated rings. The third-order valence-corrected chi connectivity index (χ3v) is 3.45. The molecule has 19 heavy (non-hydrogen) atoms. The predicted molar refractivity (Wildman–Crippen MR) is 65.9 cm³/mol. The minimum Gasteiger partial charge on any atom is -0.487 e. The highest BCUT2D eigenvalue weighted by Gasteiger charge is 2.27. The fourth-order valence-corrected chi connectivity index (χ4v) is 2.34. The van der Waals surface area contributed by atoms with Gasteiger partial charge < -0.3 is 9.84 Å². The van der Waals surface area contributed by atoms with Crippen LogP contribution < -0.4 is 4.74 Å². The van der Waals surface area contributed by atoms with Gasteiger partial charge in [-0.05, 0) is 36.6 Å². The maximum atomic E-state index is 13.0. The predicted octanol–water partition coefficient (Wildman–Crippen LogP) is 0.856. The van der Waals surface area contributed by atoms with Crippen molar-refractivity contribution in [2.45, 2.75) is 25.0 Å². The Bertz CT molecular complexity index is 557. The van der Waals surface area contributed by atoms with Gasteiger partial charge in [0.15, 0.2) is 0 Å². The van der Waals surface area contributed by atoms with E-state index in [9.17, 15) is 17.9 Å². The summed E-state index contributed by atoms with van der Waals surface area (Å²) in [5.74, 6) is 0.179. The lowest BCUT2D eigenvalue weighted by atomic mass is 9.99. The normalized spacial score (nSPS) is 20.5. The van der Waals surface area contributed by atoms with Crippen molar-refractivity contribution < 1.29 is 26.8 Å². The van der Waals surface area contributed by atoms with Crippen molar-refractivity contribution in [3.8, 4) is 5.75 Å². The number of aryl methyl sites for hydroxylation is 1. The third kappa shape index (κ3) is 3.89. The molecule has 1 aromatic carbocycles. The van der Waals surface area contributed by atoms with Crippen molar-refractivity contribution in [3.63, 3.8) is 0 Å². The standard InChI is InChI=1S/C12H15FO5S/c1-19(15,16)17-7-10(14)12-4-2-8-6-9(13)3-5-11(8)18-12/h3,5-6,10,12,14H,2,4,7H2,1H3/t10-,12+/m0/s1. The van der Waals surface area contributed by atoms with E-state index in [0.717, 1.165) is 11.8 Å². The summed E-state index contributed by atoms with van der Waals surface area (Å²) in [6.45, 7) is -0.347. The number of fused-ring (bicyclic) bond motifs is 1. The number of aliphatic hydroxyl groups is 1. The van der Waals surface area contributed by atoms with Gasteiger partial charge in [0, 0.05) is 0 Å². The number of ether oxygens (including phenoxy) is 1. The van der Waals surface area contributed by atoms with Crippen molar-refractivity contribution in [1.29, 1.82) is 0 Å². The van der Waals surface area contributed by atoms with Gasteiger partial charge >= 0.3 is 0 Å². The zero-order valence-corrected chi connectivity index (χ0v) is 11.2. The fourth-order valence-electron chi connectivity index (χ4n) is 1.95. The average Bonchev–Trinajstić information content (AvgIpc) is 2.34. The number of hydrogen-bond acceptors (Lipinski definition) is 5. The van der Waals surface area contributed by atoms with Crippen molar-refractivity contribution >= 4 is 10.1 Å². The molecule has 0 spiro atoms. The third-order valence-electron chi connectivity index (χ3n) is 2.88. The minimum atomic E-state index is -3.59. The van der Waals surface area contributed by atoms with Gasteiger partial charge in [0.25, 0.3) is 10.1 Å². The molecule has 0 saturated carbocycles. The van der Waals surface area contributed by atoms with Crippen molar-refractivity contribution in [2.24, 2.45) is 0 Å². The van der Waals surface area contributed by atoms with Gasteiger partial charge in [-0.15, -0.1) is 0 Å². The van der Waals surface area contributed by atoms with Crippen LogP contribution in [0, 0.1) is 5.82 Å². The lowest BCUT2D eigenvalue weighted by molar-refractivity contribution is -0.00188. The summed E-state index contributed by atoms with van der Waals surface area (Å²) in [7, 11) is -3.59. The summed E-state index contributed by atoms with van der Waals surface area (Å²) < 4.78 is 44.7. The van der Waals surface area contributed by atoms with Gasteiger partial charge in [-0.3, -0.25) is 4.18 Å². The van der Waals surface area contributed by atoms with E-state index in [2.05, 4.69) is 4.18 Å².